The molecule has 0 bridgehead atoms. The molecule has 3 N–H and O–H groups in total. The lowest BCUT2D eigenvalue weighted by atomic mass is 10.1. The van der Waals surface area contributed by atoms with Gasteiger partial charge in [0.1, 0.15) is 0 Å². The number of carbonyl (C=O) groups is 2. The van der Waals surface area contributed by atoms with Crippen LogP contribution >= 0.6 is 0 Å². The van der Waals surface area contributed by atoms with Crippen molar-refractivity contribution in [3.05, 3.63) is 87.5 Å². The summed E-state index contributed by atoms with van der Waals surface area (Å²) in [5.74, 6) is -0.740. The van der Waals surface area contributed by atoms with Gasteiger partial charge in [-0.05, 0) is 61.9 Å². The fourth-order valence-electron chi connectivity index (χ4n) is 3.11. The van der Waals surface area contributed by atoms with Crippen LogP contribution in [0.25, 0.3) is 0 Å². The molecule has 0 aliphatic carbocycles. The second-order valence-electron chi connectivity index (χ2n) is 7.57. The molecule has 34 heavy (non-hydrogen) atoms. The van der Waals surface area contributed by atoms with Gasteiger partial charge >= 0.3 is 0 Å². The maximum atomic E-state index is 12.7. The van der Waals surface area contributed by atoms with Crippen molar-refractivity contribution < 1.29 is 22.9 Å². The van der Waals surface area contributed by atoms with E-state index in [1.165, 1.54) is 50.2 Å². The van der Waals surface area contributed by atoms with Gasteiger partial charge in [-0.1, -0.05) is 12.1 Å². The number of carbonyl (C=O) groups excluding carboxylic acids is 2. The molecule has 3 aromatic rings. The summed E-state index contributed by atoms with van der Waals surface area (Å²) in [7, 11) is -4.08. The van der Waals surface area contributed by atoms with Crippen LogP contribution in [0.4, 0.5) is 22.7 Å². The zero-order chi connectivity index (χ0) is 25.0. The smallest absolute Gasteiger partial charge is 0.273 e. The fourth-order valence-corrected chi connectivity index (χ4v) is 4.19. The van der Waals surface area contributed by atoms with Gasteiger partial charge in [-0.25, -0.2) is 8.42 Å². The number of nitro benzene ring substituents is 1. The van der Waals surface area contributed by atoms with Crippen molar-refractivity contribution in [3.63, 3.8) is 0 Å². The molecule has 0 aliphatic rings. The predicted molar refractivity (Wildman–Crippen MR) is 129 cm³/mol. The first-order valence-electron chi connectivity index (χ1n) is 10.0. The number of anilines is 3. The molecule has 0 aromatic heterocycles. The number of hydrogen-bond acceptors (Lipinski definition) is 6. The van der Waals surface area contributed by atoms with Crippen LogP contribution in [0.5, 0.6) is 0 Å². The molecule has 3 rings (SSSR count). The third-order valence-electron chi connectivity index (χ3n) is 4.82. The standard InChI is InChI=1S/C23H22N4O6S/c1-14-4-11-20(24-16(3)28)21(12-14)25-23(29)17-6-8-18(9-7-17)26-34(32,33)19-10-5-15(2)22(13-19)27(30)31/h4-13,26H,1-3H3,(H,24,28)(H,25,29). The molecule has 10 nitrogen and oxygen atoms in total. The summed E-state index contributed by atoms with van der Waals surface area (Å²) < 4.78 is 27.7. The van der Waals surface area contributed by atoms with Crippen LogP contribution in [0.15, 0.2) is 65.6 Å². The maximum absolute atomic E-state index is 12.7. The van der Waals surface area contributed by atoms with Crippen LogP contribution in [0.3, 0.4) is 0 Å². The quantitative estimate of drug-likeness (QED) is 0.339. The van der Waals surface area contributed by atoms with Gasteiger partial charge in [0.25, 0.3) is 21.6 Å². The second kappa shape index (κ2) is 9.71. The Kier molecular flexibility index (Phi) is 6.97. The van der Waals surface area contributed by atoms with Gasteiger partial charge in [0.2, 0.25) is 5.91 Å². The molecule has 0 atom stereocenters. The van der Waals surface area contributed by atoms with E-state index >= 15 is 0 Å². The largest absolute Gasteiger partial charge is 0.325 e. The zero-order valence-electron chi connectivity index (χ0n) is 18.6. The van der Waals surface area contributed by atoms with Gasteiger partial charge in [0, 0.05) is 29.8 Å². The van der Waals surface area contributed by atoms with Crippen molar-refractivity contribution in [3.8, 4) is 0 Å². The molecule has 176 valence electrons. The third kappa shape index (κ3) is 5.75. The van der Waals surface area contributed by atoms with Gasteiger partial charge in [-0.15, -0.1) is 0 Å². The molecule has 0 saturated heterocycles. The molecule has 3 aromatic carbocycles. The number of hydrogen-bond donors (Lipinski definition) is 3. The van der Waals surface area contributed by atoms with E-state index in [-0.39, 0.29) is 27.7 Å². The number of nitro groups is 1. The normalized spacial score (nSPS) is 10.9. The van der Waals surface area contributed by atoms with E-state index < -0.39 is 20.9 Å². The summed E-state index contributed by atoms with van der Waals surface area (Å²) in [4.78, 5) is 34.3. The SMILES string of the molecule is CC(=O)Nc1ccc(C)cc1NC(=O)c1ccc(NS(=O)(=O)c2ccc(C)c([N+](=O)[O-])c2)cc1. The maximum Gasteiger partial charge on any atom is 0.273 e. The molecular formula is C23H22N4O6S. The van der Waals surface area contributed by atoms with Crippen LogP contribution in [0.2, 0.25) is 0 Å². The monoisotopic (exact) mass is 482 g/mol. The Hall–Kier alpha value is -4.25. The first-order valence-corrected chi connectivity index (χ1v) is 11.5. The number of sulfonamides is 1. The molecule has 0 aliphatic heterocycles. The minimum atomic E-state index is -4.08. The number of benzene rings is 3. The van der Waals surface area contributed by atoms with Crippen molar-refractivity contribution in [1.29, 1.82) is 0 Å². The van der Waals surface area contributed by atoms with E-state index in [1.54, 1.807) is 18.2 Å². The summed E-state index contributed by atoms with van der Waals surface area (Å²) >= 11 is 0. The lowest BCUT2D eigenvalue weighted by Crippen LogP contribution is -2.16. The van der Waals surface area contributed by atoms with Crippen LogP contribution in [0, 0.1) is 24.0 Å². The predicted octanol–water partition coefficient (Wildman–Crippen LogP) is 4.22. The molecule has 0 heterocycles. The molecule has 0 unspecified atom stereocenters. The average molecular weight is 483 g/mol. The Bertz CT molecular complexity index is 1390. The average Bonchev–Trinajstić information content (AvgIpc) is 2.75. The molecule has 0 spiro atoms. The van der Waals surface area contributed by atoms with Gasteiger partial charge in [-0.2, -0.15) is 0 Å². The second-order valence-corrected chi connectivity index (χ2v) is 9.26. The van der Waals surface area contributed by atoms with Crippen molar-refractivity contribution in [2.75, 3.05) is 15.4 Å². The molecule has 2 amide bonds. The van der Waals surface area contributed by atoms with E-state index in [1.807, 2.05) is 6.92 Å². The Morgan fingerprint density at radius 2 is 1.56 bits per heavy atom. The Labute approximate surface area is 196 Å². The number of amides is 2. The van der Waals surface area contributed by atoms with Crippen LogP contribution in [-0.2, 0) is 14.8 Å². The Morgan fingerprint density at radius 1 is 0.882 bits per heavy atom. The van der Waals surface area contributed by atoms with Gasteiger partial charge in [-0.3, -0.25) is 24.4 Å². The highest BCUT2D eigenvalue weighted by molar-refractivity contribution is 7.92. The highest BCUT2D eigenvalue weighted by Gasteiger charge is 2.20. The first-order chi connectivity index (χ1) is 16.0. The van der Waals surface area contributed by atoms with Crippen molar-refractivity contribution in [2.45, 2.75) is 25.7 Å². The summed E-state index contributed by atoms with van der Waals surface area (Å²) in [6, 6.07) is 14.5. The minimum absolute atomic E-state index is 0.175. The first kappa shape index (κ1) is 24.4. The van der Waals surface area contributed by atoms with Crippen LogP contribution in [0.1, 0.15) is 28.4 Å². The number of nitrogens with zero attached hydrogens (tertiary/aromatic N) is 1. The van der Waals surface area contributed by atoms with E-state index in [4.69, 9.17) is 0 Å². The van der Waals surface area contributed by atoms with E-state index in [0.717, 1.165) is 11.6 Å². The summed E-state index contributed by atoms with van der Waals surface area (Å²) in [5.41, 5.74) is 2.22. The van der Waals surface area contributed by atoms with Crippen molar-refractivity contribution >= 4 is 44.6 Å². The summed E-state index contributed by atoms with van der Waals surface area (Å²) in [6.45, 7) is 4.72. The summed E-state index contributed by atoms with van der Waals surface area (Å²) in [5, 5.41) is 16.5. The number of nitrogens with one attached hydrogen (secondary N) is 3. The number of aryl methyl sites for hydroxylation is 2. The van der Waals surface area contributed by atoms with Gasteiger partial charge < -0.3 is 10.6 Å². The molecule has 11 heteroatoms. The topological polar surface area (TPSA) is 148 Å². The highest BCUT2D eigenvalue weighted by Crippen LogP contribution is 2.26. The van der Waals surface area contributed by atoms with E-state index in [2.05, 4.69) is 15.4 Å². The third-order valence-corrected chi connectivity index (χ3v) is 6.20. The zero-order valence-corrected chi connectivity index (χ0v) is 19.4. The molecular weight excluding hydrogens is 460 g/mol. The lowest BCUT2D eigenvalue weighted by Gasteiger charge is -2.13. The molecule has 0 fully saturated rings. The van der Waals surface area contributed by atoms with Crippen LogP contribution in [-0.4, -0.2) is 25.2 Å². The summed E-state index contributed by atoms with van der Waals surface area (Å²) in [6.07, 6.45) is 0. The number of rotatable bonds is 7. The molecule has 0 saturated carbocycles. The fraction of sp³-hybridized carbons (Fsp3) is 0.130. The Morgan fingerprint density at radius 3 is 2.18 bits per heavy atom. The van der Waals surface area contributed by atoms with E-state index in [0.29, 0.717) is 16.9 Å². The Balaban J connectivity index is 1.77. The van der Waals surface area contributed by atoms with Gasteiger partial charge in [0.05, 0.1) is 21.2 Å². The van der Waals surface area contributed by atoms with Crippen LogP contribution < -0.4 is 15.4 Å². The lowest BCUT2D eigenvalue weighted by molar-refractivity contribution is -0.385. The van der Waals surface area contributed by atoms with E-state index in [9.17, 15) is 28.1 Å². The minimum Gasteiger partial charge on any atom is -0.325 e. The van der Waals surface area contributed by atoms with Crippen molar-refractivity contribution in [1.82, 2.24) is 0 Å². The highest BCUT2D eigenvalue weighted by atomic mass is 32.2. The van der Waals surface area contributed by atoms with Gasteiger partial charge in [0.15, 0.2) is 0 Å². The molecule has 0 radical (unpaired) electrons. The van der Waals surface area contributed by atoms with Crippen molar-refractivity contribution in [2.24, 2.45) is 0 Å².